The number of carbonyl (C=O) groups is 1. The third-order valence-electron chi connectivity index (χ3n) is 4.98. The molecule has 0 atom stereocenters. The molecular formula is C21H23F3N8O3S. The number of nitrogens with zero attached hydrogens (tertiary/aromatic N) is 5. The van der Waals surface area contributed by atoms with Gasteiger partial charge < -0.3 is 16.0 Å². The number of carbonyl (C=O) groups excluding carboxylic acids is 1. The first kappa shape index (κ1) is 25.3. The van der Waals surface area contributed by atoms with E-state index in [0.29, 0.717) is 24.2 Å². The highest BCUT2D eigenvalue weighted by Crippen LogP contribution is 2.30. The summed E-state index contributed by atoms with van der Waals surface area (Å²) in [5.74, 6) is -0.116. The molecule has 3 aromatic heterocycles. The summed E-state index contributed by atoms with van der Waals surface area (Å²) in [5.41, 5.74) is 0.629. The number of amides is 1. The molecule has 3 N–H and O–H groups in total. The number of hydrogen-bond acceptors (Lipinski definition) is 9. The second-order valence-electron chi connectivity index (χ2n) is 8.45. The molecule has 0 bridgehead atoms. The quantitative estimate of drug-likeness (QED) is 0.385. The Bertz CT molecular complexity index is 1370. The van der Waals surface area contributed by atoms with Gasteiger partial charge in [0.2, 0.25) is 0 Å². The lowest BCUT2D eigenvalue weighted by Gasteiger charge is -2.16. The fraction of sp³-hybridized carbons (Fsp3) is 0.381. The van der Waals surface area contributed by atoms with Gasteiger partial charge in [-0.05, 0) is 32.8 Å². The highest BCUT2D eigenvalue weighted by Gasteiger charge is 2.37. The number of aromatic nitrogens is 5. The normalized spacial score (nSPS) is 14.1. The maximum Gasteiger partial charge on any atom is 0.405 e. The second kappa shape index (κ2) is 9.72. The maximum absolute atomic E-state index is 12.5. The molecule has 0 unspecified atom stereocenters. The molecule has 11 nitrogen and oxygen atoms in total. The highest BCUT2D eigenvalue weighted by molar-refractivity contribution is 7.90. The summed E-state index contributed by atoms with van der Waals surface area (Å²) in [4.78, 5) is 25.0. The van der Waals surface area contributed by atoms with Crippen LogP contribution in [0.2, 0.25) is 0 Å². The molecule has 1 amide bonds. The lowest BCUT2D eigenvalue weighted by molar-refractivity contribution is -0.123. The molecule has 15 heteroatoms. The van der Waals surface area contributed by atoms with E-state index >= 15 is 0 Å². The van der Waals surface area contributed by atoms with Gasteiger partial charge in [-0.15, -0.1) is 0 Å². The van der Waals surface area contributed by atoms with Crippen LogP contribution in [-0.2, 0) is 10.0 Å². The third kappa shape index (κ3) is 6.08. The molecule has 3 heterocycles. The minimum atomic E-state index is -4.54. The van der Waals surface area contributed by atoms with Crippen LogP contribution in [0.25, 0.3) is 11.4 Å². The first-order valence-corrected chi connectivity index (χ1v) is 12.4. The van der Waals surface area contributed by atoms with Gasteiger partial charge in [-0.25, -0.2) is 23.4 Å². The molecule has 3 aromatic rings. The first-order valence-electron chi connectivity index (χ1n) is 10.9. The van der Waals surface area contributed by atoms with E-state index in [0.717, 1.165) is 10.3 Å². The van der Waals surface area contributed by atoms with Crippen LogP contribution in [0.15, 0.2) is 36.9 Å². The molecule has 0 radical (unpaired) electrons. The monoisotopic (exact) mass is 524 g/mol. The summed E-state index contributed by atoms with van der Waals surface area (Å²) in [7, 11) is -3.53. The average molecular weight is 525 g/mol. The van der Waals surface area contributed by atoms with E-state index in [4.69, 9.17) is 0 Å². The van der Waals surface area contributed by atoms with Crippen molar-refractivity contribution in [1.82, 2.24) is 29.5 Å². The summed E-state index contributed by atoms with van der Waals surface area (Å²) < 4.78 is 63.2. The minimum absolute atomic E-state index is 0.0498. The molecule has 36 heavy (non-hydrogen) atoms. The van der Waals surface area contributed by atoms with Gasteiger partial charge in [0.05, 0.1) is 34.5 Å². The van der Waals surface area contributed by atoms with Crippen LogP contribution in [0.5, 0.6) is 0 Å². The SMILES string of the molecule is CC(C)Nc1cc(Nc2ccnc(-c3cnn(S(=O)(=O)C4CC4)c3)n2)ncc1C(=O)NCC(F)(F)F. The summed E-state index contributed by atoms with van der Waals surface area (Å²) in [6.07, 6.45) is 2.00. The van der Waals surface area contributed by atoms with Gasteiger partial charge in [0.1, 0.15) is 18.2 Å². The van der Waals surface area contributed by atoms with E-state index in [1.165, 1.54) is 24.7 Å². The average Bonchev–Trinajstić information content (AvgIpc) is 3.54. The number of pyridine rings is 1. The van der Waals surface area contributed by atoms with Crippen LogP contribution in [0, 0.1) is 0 Å². The van der Waals surface area contributed by atoms with Crippen molar-refractivity contribution in [1.29, 1.82) is 0 Å². The molecule has 192 valence electrons. The lowest BCUT2D eigenvalue weighted by atomic mass is 10.2. The largest absolute Gasteiger partial charge is 0.405 e. The van der Waals surface area contributed by atoms with Crippen molar-refractivity contribution in [2.45, 2.75) is 44.2 Å². The fourth-order valence-electron chi connectivity index (χ4n) is 3.19. The van der Waals surface area contributed by atoms with Crippen molar-refractivity contribution in [3.63, 3.8) is 0 Å². The molecule has 0 aromatic carbocycles. The molecule has 1 aliphatic carbocycles. The molecule has 1 aliphatic rings. The molecule has 0 spiro atoms. The third-order valence-corrected chi connectivity index (χ3v) is 7.01. The molecule has 1 saturated carbocycles. The lowest BCUT2D eigenvalue weighted by Crippen LogP contribution is -2.34. The van der Waals surface area contributed by atoms with E-state index in [1.807, 2.05) is 19.2 Å². The highest BCUT2D eigenvalue weighted by atomic mass is 32.2. The predicted octanol–water partition coefficient (Wildman–Crippen LogP) is 2.93. The van der Waals surface area contributed by atoms with Gasteiger partial charge in [0.15, 0.2) is 5.82 Å². The number of alkyl halides is 3. The van der Waals surface area contributed by atoms with Crippen molar-refractivity contribution >= 4 is 33.3 Å². The van der Waals surface area contributed by atoms with Gasteiger partial charge in [0.25, 0.3) is 15.9 Å². The van der Waals surface area contributed by atoms with E-state index in [1.54, 1.807) is 6.07 Å². The maximum atomic E-state index is 12.5. The van der Waals surface area contributed by atoms with E-state index in [9.17, 15) is 26.4 Å². The smallest absolute Gasteiger partial charge is 0.382 e. The molecule has 0 saturated heterocycles. The van der Waals surface area contributed by atoms with Crippen molar-refractivity contribution in [3.8, 4) is 11.4 Å². The van der Waals surface area contributed by atoms with Crippen molar-refractivity contribution in [3.05, 3.63) is 42.5 Å². The van der Waals surface area contributed by atoms with Crippen LogP contribution in [0.3, 0.4) is 0 Å². The van der Waals surface area contributed by atoms with Crippen molar-refractivity contribution < 1.29 is 26.4 Å². The van der Waals surface area contributed by atoms with E-state index < -0.39 is 33.9 Å². The van der Waals surface area contributed by atoms with Crippen LogP contribution >= 0.6 is 0 Å². The zero-order valence-corrected chi connectivity index (χ0v) is 20.1. The van der Waals surface area contributed by atoms with Crippen LogP contribution in [-0.4, -0.2) is 62.5 Å². The summed E-state index contributed by atoms with van der Waals surface area (Å²) in [6, 6.07) is 2.91. The van der Waals surface area contributed by atoms with Crippen molar-refractivity contribution in [2.24, 2.45) is 0 Å². The topological polar surface area (TPSA) is 144 Å². The zero-order valence-electron chi connectivity index (χ0n) is 19.2. The Morgan fingerprint density at radius 1 is 1.19 bits per heavy atom. The Hall–Kier alpha value is -3.75. The van der Waals surface area contributed by atoms with Crippen molar-refractivity contribution in [2.75, 3.05) is 17.2 Å². The number of hydrogen-bond donors (Lipinski definition) is 3. The van der Waals surface area contributed by atoms with Gasteiger partial charge >= 0.3 is 6.18 Å². The Labute approximate surface area is 204 Å². The fourth-order valence-corrected chi connectivity index (χ4v) is 4.66. The Balaban J connectivity index is 1.54. The van der Waals surface area contributed by atoms with E-state index in [2.05, 4.69) is 30.7 Å². The molecule has 0 aliphatic heterocycles. The summed E-state index contributed by atoms with van der Waals surface area (Å²) in [6.45, 7) is 2.16. The van der Waals surface area contributed by atoms with Gasteiger partial charge in [-0.3, -0.25) is 4.79 Å². The zero-order chi connectivity index (χ0) is 26.1. The number of rotatable bonds is 9. The Morgan fingerprint density at radius 2 is 1.94 bits per heavy atom. The van der Waals surface area contributed by atoms with Crippen LogP contribution in [0.1, 0.15) is 37.0 Å². The number of anilines is 3. The van der Waals surface area contributed by atoms with Crippen LogP contribution in [0.4, 0.5) is 30.5 Å². The standard InChI is InChI=1S/C21H23F3N8O3S/c1-12(2)29-16-7-18(26-9-15(16)20(33)27-11-21(22,23)24)30-17-5-6-25-19(31-17)13-8-28-32(10-13)36(34,35)14-3-4-14/h5-10,12,14H,3-4,11H2,1-2H3,(H,27,33)(H2,25,26,29,30,31). The predicted molar refractivity (Wildman–Crippen MR) is 125 cm³/mol. The second-order valence-corrected chi connectivity index (χ2v) is 10.5. The Kier molecular flexibility index (Phi) is 6.84. The molecule has 1 fully saturated rings. The summed E-state index contributed by atoms with van der Waals surface area (Å²) in [5, 5.41) is 11.3. The van der Waals surface area contributed by atoms with E-state index in [-0.39, 0.29) is 28.9 Å². The molecular weight excluding hydrogens is 501 g/mol. The summed E-state index contributed by atoms with van der Waals surface area (Å²) >= 11 is 0. The van der Waals surface area contributed by atoms with Gasteiger partial charge in [-0.2, -0.15) is 22.4 Å². The molecule has 4 rings (SSSR count). The van der Waals surface area contributed by atoms with Crippen LogP contribution < -0.4 is 16.0 Å². The number of nitrogens with one attached hydrogen (secondary N) is 3. The first-order chi connectivity index (χ1) is 16.9. The minimum Gasteiger partial charge on any atom is -0.382 e. The number of halogens is 3. The van der Waals surface area contributed by atoms with Gasteiger partial charge in [-0.1, -0.05) is 0 Å². The Morgan fingerprint density at radius 3 is 2.61 bits per heavy atom. The van der Waals surface area contributed by atoms with Gasteiger partial charge in [0, 0.05) is 24.5 Å².